The zero-order valence-electron chi connectivity index (χ0n) is 5.98. The number of rotatable bonds is 2. The highest BCUT2D eigenvalue weighted by Crippen LogP contribution is 1.99. The summed E-state index contributed by atoms with van der Waals surface area (Å²) in [5, 5.41) is 1.49. The quantitative estimate of drug-likeness (QED) is 0.609. The van der Waals surface area contributed by atoms with Crippen LogP contribution in [0.3, 0.4) is 0 Å². The van der Waals surface area contributed by atoms with Crippen LogP contribution in [0.5, 0.6) is 0 Å². The summed E-state index contributed by atoms with van der Waals surface area (Å²) in [6, 6.07) is 0. The Bertz CT molecular complexity index is 147. The first-order valence-corrected chi connectivity index (χ1v) is 3.47. The molecule has 58 valence electrons. The fourth-order valence-corrected chi connectivity index (χ4v) is 0.492. The van der Waals surface area contributed by atoms with Crippen LogP contribution in [0.25, 0.3) is 0 Å². The van der Waals surface area contributed by atoms with Gasteiger partial charge in [-0.3, -0.25) is 14.9 Å². The molecule has 0 aromatic heterocycles. The molecule has 0 aliphatic carbocycles. The van der Waals surface area contributed by atoms with Gasteiger partial charge in [0, 0.05) is 6.92 Å². The number of halogens is 1. The van der Waals surface area contributed by atoms with Gasteiger partial charge < -0.3 is 0 Å². The molecular formula is C6H10ClNO2. The molecule has 0 aromatic rings. The Balaban J connectivity index is 3.73. The Morgan fingerprint density at radius 3 is 2.40 bits per heavy atom. The van der Waals surface area contributed by atoms with Crippen molar-refractivity contribution in [2.45, 2.75) is 25.6 Å². The van der Waals surface area contributed by atoms with Gasteiger partial charge in [0.15, 0.2) is 0 Å². The molecule has 0 fully saturated rings. The summed E-state index contributed by atoms with van der Waals surface area (Å²) in [6.45, 7) is 3.05. The third-order valence-corrected chi connectivity index (χ3v) is 1.45. The van der Waals surface area contributed by atoms with Crippen LogP contribution in [0.2, 0.25) is 0 Å². The van der Waals surface area contributed by atoms with Crippen molar-refractivity contribution in [1.82, 2.24) is 5.32 Å². The summed E-state index contributed by atoms with van der Waals surface area (Å²) in [5.41, 5.74) is 0. The summed E-state index contributed by atoms with van der Waals surface area (Å²) >= 11 is 5.50. The maximum absolute atomic E-state index is 10.7. The fraction of sp³-hybridized carbons (Fsp3) is 0.667. The molecule has 0 bridgehead atoms. The van der Waals surface area contributed by atoms with Crippen LogP contribution >= 0.6 is 11.6 Å². The van der Waals surface area contributed by atoms with Gasteiger partial charge in [-0.05, 0) is 6.42 Å². The predicted molar refractivity (Wildman–Crippen MR) is 38.8 cm³/mol. The van der Waals surface area contributed by atoms with Gasteiger partial charge in [0.2, 0.25) is 11.8 Å². The Morgan fingerprint density at radius 1 is 1.60 bits per heavy atom. The normalized spacial score (nSPS) is 12.3. The summed E-state index contributed by atoms with van der Waals surface area (Å²) in [4.78, 5) is 21.0. The Hall–Kier alpha value is -0.570. The van der Waals surface area contributed by atoms with Gasteiger partial charge in [-0.2, -0.15) is 0 Å². The van der Waals surface area contributed by atoms with Crippen LogP contribution in [0.15, 0.2) is 0 Å². The summed E-state index contributed by atoms with van der Waals surface area (Å²) in [5.74, 6) is -0.791. The first kappa shape index (κ1) is 9.43. The molecule has 3 nitrogen and oxygen atoms in total. The van der Waals surface area contributed by atoms with E-state index in [9.17, 15) is 9.59 Å². The van der Waals surface area contributed by atoms with E-state index in [1.54, 1.807) is 6.92 Å². The third kappa shape index (κ3) is 3.45. The second-order valence-corrected chi connectivity index (χ2v) is 2.45. The third-order valence-electron chi connectivity index (χ3n) is 0.942. The summed E-state index contributed by atoms with van der Waals surface area (Å²) in [6.07, 6.45) is 0.528. The van der Waals surface area contributed by atoms with Crippen LogP contribution < -0.4 is 5.32 Å². The van der Waals surface area contributed by atoms with E-state index < -0.39 is 11.3 Å². The zero-order valence-corrected chi connectivity index (χ0v) is 6.73. The summed E-state index contributed by atoms with van der Waals surface area (Å²) in [7, 11) is 0. The van der Waals surface area contributed by atoms with Crippen LogP contribution in [0.4, 0.5) is 0 Å². The highest BCUT2D eigenvalue weighted by atomic mass is 35.5. The van der Waals surface area contributed by atoms with Crippen LogP contribution in [-0.4, -0.2) is 17.2 Å². The van der Waals surface area contributed by atoms with Crippen molar-refractivity contribution >= 4 is 23.4 Å². The van der Waals surface area contributed by atoms with Gasteiger partial charge in [-0.25, -0.2) is 0 Å². The van der Waals surface area contributed by atoms with Gasteiger partial charge in [-0.15, -0.1) is 11.6 Å². The lowest BCUT2D eigenvalue weighted by Gasteiger charge is -2.03. The minimum absolute atomic E-state index is 0.371. The van der Waals surface area contributed by atoms with Crippen molar-refractivity contribution in [3.8, 4) is 0 Å². The largest absolute Gasteiger partial charge is 0.295 e. The van der Waals surface area contributed by atoms with Crippen LogP contribution in [0.1, 0.15) is 20.3 Å². The number of carbonyl (C=O) groups excluding carboxylic acids is 2. The number of imide groups is 1. The molecule has 2 amide bonds. The molecule has 0 spiro atoms. The van der Waals surface area contributed by atoms with E-state index in [-0.39, 0.29) is 5.91 Å². The van der Waals surface area contributed by atoms with Crippen LogP contribution in [-0.2, 0) is 9.59 Å². The first-order chi connectivity index (χ1) is 4.57. The highest BCUT2D eigenvalue weighted by Gasteiger charge is 2.12. The average molecular weight is 164 g/mol. The molecule has 0 aliphatic rings. The van der Waals surface area contributed by atoms with E-state index in [0.717, 1.165) is 0 Å². The van der Waals surface area contributed by atoms with Crippen molar-refractivity contribution in [2.24, 2.45) is 0 Å². The second-order valence-electron chi connectivity index (χ2n) is 1.92. The van der Waals surface area contributed by atoms with Crippen molar-refractivity contribution in [3.05, 3.63) is 0 Å². The standard InChI is InChI=1S/C6H10ClNO2/c1-3-5(7)6(10)8-4(2)9/h5H,3H2,1-2H3,(H,8,9,10)/t5-/m1/s1. The molecule has 4 heteroatoms. The van der Waals surface area contributed by atoms with Gasteiger partial charge in [0.25, 0.3) is 0 Å². The van der Waals surface area contributed by atoms with Crippen molar-refractivity contribution < 1.29 is 9.59 Å². The van der Waals surface area contributed by atoms with Gasteiger partial charge in [0.05, 0.1) is 0 Å². The summed E-state index contributed by atoms with van der Waals surface area (Å²) < 4.78 is 0. The monoisotopic (exact) mass is 163 g/mol. The molecule has 0 saturated heterocycles. The fourth-order valence-electron chi connectivity index (χ4n) is 0.437. The molecule has 0 rings (SSSR count). The number of amides is 2. The van der Waals surface area contributed by atoms with E-state index in [2.05, 4.69) is 5.32 Å². The van der Waals surface area contributed by atoms with Gasteiger partial charge in [-0.1, -0.05) is 6.92 Å². The Labute approximate surface area is 64.7 Å². The number of carbonyl (C=O) groups is 2. The lowest BCUT2D eigenvalue weighted by molar-refractivity contribution is -0.129. The van der Waals surface area contributed by atoms with Crippen LogP contribution in [0, 0.1) is 0 Å². The molecule has 0 unspecified atom stereocenters. The number of hydrogen-bond donors (Lipinski definition) is 1. The van der Waals surface area contributed by atoms with Crippen molar-refractivity contribution in [1.29, 1.82) is 0 Å². The predicted octanol–water partition coefficient (Wildman–Crippen LogP) is 0.666. The smallest absolute Gasteiger partial charge is 0.244 e. The van der Waals surface area contributed by atoms with E-state index in [1.165, 1.54) is 6.92 Å². The van der Waals surface area contributed by atoms with E-state index in [4.69, 9.17) is 11.6 Å². The van der Waals surface area contributed by atoms with E-state index in [0.29, 0.717) is 6.42 Å². The molecule has 0 heterocycles. The number of hydrogen-bond acceptors (Lipinski definition) is 2. The van der Waals surface area contributed by atoms with Gasteiger partial charge in [0.1, 0.15) is 5.38 Å². The molecule has 0 radical (unpaired) electrons. The van der Waals surface area contributed by atoms with E-state index in [1.807, 2.05) is 0 Å². The van der Waals surface area contributed by atoms with Crippen molar-refractivity contribution in [2.75, 3.05) is 0 Å². The topological polar surface area (TPSA) is 46.2 Å². The minimum atomic E-state index is -0.594. The molecule has 1 atom stereocenters. The molecule has 0 aromatic carbocycles. The maximum Gasteiger partial charge on any atom is 0.244 e. The molecule has 0 aliphatic heterocycles. The van der Waals surface area contributed by atoms with E-state index >= 15 is 0 Å². The second kappa shape index (κ2) is 4.28. The number of alkyl halides is 1. The maximum atomic E-state index is 10.7. The highest BCUT2D eigenvalue weighted by molar-refractivity contribution is 6.31. The average Bonchev–Trinajstić information content (AvgIpc) is 1.85. The Kier molecular flexibility index (Phi) is 4.03. The Morgan fingerprint density at radius 2 is 2.10 bits per heavy atom. The lowest BCUT2D eigenvalue weighted by Crippen LogP contribution is -2.34. The lowest BCUT2D eigenvalue weighted by atomic mass is 10.3. The number of nitrogens with one attached hydrogen (secondary N) is 1. The molecular weight excluding hydrogens is 154 g/mol. The van der Waals surface area contributed by atoms with Crippen molar-refractivity contribution in [3.63, 3.8) is 0 Å². The molecule has 1 N–H and O–H groups in total. The molecule has 0 saturated carbocycles. The first-order valence-electron chi connectivity index (χ1n) is 3.03. The van der Waals surface area contributed by atoms with Gasteiger partial charge >= 0.3 is 0 Å². The SMILES string of the molecule is CC[C@@H](Cl)C(=O)NC(C)=O. The molecule has 10 heavy (non-hydrogen) atoms. The zero-order chi connectivity index (χ0) is 8.15. The minimum Gasteiger partial charge on any atom is -0.295 e.